The van der Waals surface area contributed by atoms with Crippen LogP contribution in [-0.4, -0.2) is 35.2 Å². The Balaban J connectivity index is 1.49. The normalized spacial score (nSPS) is 14.8. The molecule has 5 rings (SSSR count). The van der Waals surface area contributed by atoms with Crippen LogP contribution >= 0.6 is 11.6 Å². The molecule has 0 fully saturated rings. The van der Waals surface area contributed by atoms with Crippen molar-refractivity contribution in [2.75, 3.05) is 17.4 Å². The van der Waals surface area contributed by atoms with Crippen LogP contribution in [0, 0.1) is 0 Å². The van der Waals surface area contributed by atoms with E-state index < -0.39 is 6.04 Å². The second-order valence-electron chi connectivity index (χ2n) is 9.65. The van der Waals surface area contributed by atoms with E-state index in [-0.39, 0.29) is 11.8 Å². The van der Waals surface area contributed by atoms with Gasteiger partial charge in [0.25, 0.3) is 5.91 Å². The van der Waals surface area contributed by atoms with Gasteiger partial charge in [-0.2, -0.15) is 5.10 Å². The zero-order valence-corrected chi connectivity index (χ0v) is 23.5. The van der Waals surface area contributed by atoms with Gasteiger partial charge in [-0.05, 0) is 66.1 Å². The Hall–Kier alpha value is -5.13. The monoisotopic (exact) mass is 583 g/mol. The Morgan fingerprint density at radius 3 is 2.86 bits per heavy atom. The van der Waals surface area contributed by atoms with Crippen molar-refractivity contribution < 1.29 is 9.59 Å². The van der Waals surface area contributed by atoms with Crippen LogP contribution in [0.25, 0.3) is 17.3 Å². The van der Waals surface area contributed by atoms with Crippen LogP contribution in [0.3, 0.4) is 0 Å². The van der Waals surface area contributed by atoms with Gasteiger partial charge in [-0.15, -0.1) is 0 Å². The summed E-state index contributed by atoms with van der Waals surface area (Å²) >= 11 is 6.19. The third-order valence-corrected chi connectivity index (χ3v) is 7.09. The second kappa shape index (κ2) is 12.6. The van der Waals surface area contributed by atoms with Crippen LogP contribution in [-0.2, 0) is 17.8 Å². The maximum atomic E-state index is 13.2. The van der Waals surface area contributed by atoms with Gasteiger partial charge in [-0.3, -0.25) is 14.6 Å². The molecule has 4 bridgehead atoms. The molecule has 0 saturated heterocycles. The number of rotatable bonds is 6. The fourth-order valence-corrected chi connectivity index (χ4v) is 4.96. The number of amides is 2. The van der Waals surface area contributed by atoms with E-state index in [2.05, 4.69) is 26.0 Å². The van der Waals surface area contributed by atoms with Crippen molar-refractivity contribution >= 4 is 47.2 Å². The lowest BCUT2D eigenvalue weighted by molar-refractivity contribution is -0.117. The first-order chi connectivity index (χ1) is 20.3. The molecule has 214 valence electrons. The van der Waals surface area contributed by atoms with Gasteiger partial charge in [-0.1, -0.05) is 29.8 Å². The maximum absolute atomic E-state index is 13.2. The molecule has 0 spiro atoms. The average Bonchev–Trinajstić information content (AvgIpc) is 3.48. The third kappa shape index (κ3) is 6.43. The number of hydrazone groups is 1. The van der Waals surface area contributed by atoms with E-state index in [1.807, 2.05) is 43.4 Å². The van der Waals surface area contributed by atoms with Gasteiger partial charge < -0.3 is 26.8 Å². The number of nitrogens with two attached hydrogens (primary N) is 2. The number of aromatic nitrogens is 2. The van der Waals surface area contributed by atoms with Crippen molar-refractivity contribution in [1.29, 1.82) is 0 Å². The minimum atomic E-state index is -0.524. The summed E-state index contributed by atoms with van der Waals surface area (Å²) in [7, 11) is 1.84. The van der Waals surface area contributed by atoms with Crippen LogP contribution in [0.15, 0.2) is 78.0 Å². The number of hydrazine groups is 1. The van der Waals surface area contributed by atoms with Crippen molar-refractivity contribution in [2.24, 2.45) is 16.8 Å². The number of fused-ring (bicyclic) bond motifs is 6. The quantitative estimate of drug-likeness (QED) is 0.0661. The van der Waals surface area contributed by atoms with Gasteiger partial charge in [-0.25, -0.2) is 10.8 Å². The van der Waals surface area contributed by atoms with E-state index in [4.69, 9.17) is 28.3 Å². The molecule has 0 aliphatic carbocycles. The minimum Gasteiger partial charge on any atom is -0.388 e. The topological polar surface area (TPSA) is 167 Å². The Bertz CT molecular complexity index is 1680. The molecule has 2 amide bonds. The molecule has 1 atom stereocenters. The predicted octanol–water partition coefficient (Wildman–Crippen LogP) is 3.71. The summed E-state index contributed by atoms with van der Waals surface area (Å²) in [6, 6.07) is 17.7. The highest BCUT2D eigenvalue weighted by molar-refractivity contribution is 6.30. The lowest BCUT2D eigenvalue weighted by Gasteiger charge is -2.17. The standard InChI is InChI=1S/C30H30ClN9O2/c1-34-23-7-8-24-21(14-23)15-36-30(42)20-4-2-3-18(11-20)12-25(29-35-16-26(24)39-29)38-28(41)10-5-19-13-22(31)6-9-27(19)40(33)17-37-32/h2-11,13-14,16-17,25,34H,12,15,32-33H2,1H3,(H,35,39)(H,36,42)(H,38,41)/b10-5+,37-17-/t25-/m0/s1. The number of aromatic amines is 1. The summed E-state index contributed by atoms with van der Waals surface area (Å²) in [6.07, 6.45) is 6.44. The number of imidazole rings is 1. The SMILES string of the molecule is CNc1ccc2c(c1)CNC(=O)c1cccc(c1)C[C@H](NC(=O)/C=C/c1cc(Cl)ccc1N(N)/C=N\N)c1nc-2c[nH]1. The number of hydrogen-bond donors (Lipinski definition) is 6. The summed E-state index contributed by atoms with van der Waals surface area (Å²) in [5.74, 6) is 11.3. The number of hydrogen-bond acceptors (Lipinski definition) is 7. The lowest BCUT2D eigenvalue weighted by atomic mass is 10.0. The molecule has 3 aromatic carbocycles. The van der Waals surface area contributed by atoms with E-state index >= 15 is 0 Å². The minimum absolute atomic E-state index is 0.187. The van der Waals surface area contributed by atoms with E-state index in [1.165, 1.54) is 17.4 Å². The summed E-state index contributed by atoms with van der Waals surface area (Å²) in [4.78, 5) is 34.4. The molecule has 0 saturated carbocycles. The number of nitrogens with one attached hydrogen (secondary N) is 4. The molecule has 4 aromatic rings. The first kappa shape index (κ1) is 28.4. The van der Waals surface area contributed by atoms with Crippen LogP contribution in [0.4, 0.5) is 11.4 Å². The number of benzene rings is 3. The van der Waals surface area contributed by atoms with Gasteiger partial charge in [0.1, 0.15) is 12.2 Å². The summed E-state index contributed by atoms with van der Waals surface area (Å²) in [5.41, 5.74) is 5.91. The lowest BCUT2D eigenvalue weighted by Crippen LogP contribution is -2.30. The fraction of sp³-hybridized carbons (Fsp3) is 0.133. The molecular formula is C30H30ClN9O2. The van der Waals surface area contributed by atoms with E-state index in [0.717, 1.165) is 22.4 Å². The summed E-state index contributed by atoms with van der Waals surface area (Å²) < 4.78 is 0. The van der Waals surface area contributed by atoms with E-state index in [0.29, 0.717) is 46.3 Å². The molecule has 8 N–H and O–H groups in total. The molecule has 1 aliphatic heterocycles. The Morgan fingerprint density at radius 2 is 2.05 bits per heavy atom. The molecule has 1 aromatic heterocycles. The summed E-state index contributed by atoms with van der Waals surface area (Å²) in [6.45, 7) is 0.323. The average molecular weight is 584 g/mol. The largest absolute Gasteiger partial charge is 0.388 e. The van der Waals surface area contributed by atoms with Gasteiger partial charge >= 0.3 is 0 Å². The van der Waals surface area contributed by atoms with Crippen LogP contribution in [0.2, 0.25) is 5.02 Å². The molecule has 1 aliphatic rings. The number of anilines is 2. The van der Waals surface area contributed by atoms with Crippen molar-refractivity contribution in [2.45, 2.75) is 19.0 Å². The van der Waals surface area contributed by atoms with Gasteiger partial charge in [0.2, 0.25) is 5.91 Å². The van der Waals surface area contributed by atoms with Crippen LogP contribution < -0.4 is 32.6 Å². The van der Waals surface area contributed by atoms with Crippen LogP contribution in [0.1, 0.15) is 38.9 Å². The number of halogens is 1. The second-order valence-corrected chi connectivity index (χ2v) is 10.1. The number of nitrogens with zero attached hydrogens (tertiary/aromatic N) is 3. The highest BCUT2D eigenvalue weighted by atomic mass is 35.5. The zero-order chi connectivity index (χ0) is 29.6. The molecule has 12 heteroatoms. The van der Waals surface area contributed by atoms with Crippen molar-refractivity contribution in [1.82, 2.24) is 20.6 Å². The van der Waals surface area contributed by atoms with Gasteiger partial charge in [0.15, 0.2) is 0 Å². The zero-order valence-electron chi connectivity index (χ0n) is 22.8. The summed E-state index contributed by atoms with van der Waals surface area (Å²) in [5, 5.41) is 14.3. The molecule has 42 heavy (non-hydrogen) atoms. The van der Waals surface area contributed by atoms with Gasteiger partial charge in [0.05, 0.1) is 17.4 Å². The smallest absolute Gasteiger partial charge is 0.251 e. The van der Waals surface area contributed by atoms with Crippen molar-refractivity contribution in [3.05, 3.63) is 106 Å². The number of carbonyl (C=O) groups is 2. The fourth-order valence-electron chi connectivity index (χ4n) is 4.78. The Kier molecular flexibility index (Phi) is 8.51. The van der Waals surface area contributed by atoms with Crippen LogP contribution in [0.5, 0.6) is 0 Å². The van der Waals surface area contributed by atoms with E-state index in [1.54, 1.807) is 36.5 Å². The first-order valence-electron chi connectivity index (χ1n) is 13.1. The third-order valence-electron chi connectivity index (χ3n) is 6.86. The number of carbonyl (C=O) groups excluding carboxylic acids is 2. The highest BCUT2D eigenvalue weighted by Crippen LogP contribution is 2.28. The van der Waals surface area contributed by atoms with E-state index in [9.17, 15) is 9.59 Å². The molecular weight excluding hydrogens is 554 g/mol. The molecule has 0 radical (unpaired) electrons. The first-order valence-corrected chi connectivity index (χ1v) is 13.5. The molecule has 2 heterocycles. The molecule has 0 unspecified atom stereocenters. The number of H-pyrrole nitrogens is 1. The highest BCUT2D eigenvalue weighted by Gasteiger charge is 2.21. The Labute approximate surface area is 247 Å². The van der Waals surface area contributed by atoms with Crippen molar-refractivity contribution in [3.63, 3.8) is 0 Å². The predicted molar refractivity (Wildman–Crippen MR) is 166 cm³/mol. The maximum Gasteiger partial charge on any atom is 0.251 e. The Morgan fingerprint density at radius 1 is 1.19 bits per heavy atom. The van der Waals surface area contributed by atoms with Gasteiger partial charge in [0, 0.05) is 53.3 Å². The molecule has 11 nitrogen and oxygen atoms in total. The van der Waals surface area contributed by atoms with Crippen molar-refractivity contribution in [3.8, 4) is 11.3 Å².